The molecule has 2 aliphatic rings. The smallest absolute Gasteiger partial charge is 0.126 e. The lowest BCUT2D eigenvalue weighted by molar-refractivity contribution is -0.0327. The van der Waals surface area contributed by atoms with Gasteiger partial charge in [0.15, 0.2) is 0 Å². The lowest BCUT2D eigenvalue weighted by Gasteiger charge is -2.40. The van der Waals surface area contributed by atoms with Gasteiger partial charge in [-0.25, -0.2) is 0 Å². The maximum Gasteiger partial charge on any atom is 0.126 e. The van der Waals surface area contributed by atoms with Crippen LogP contribution in [0.1, 0.15) is 44.3 Å². The summed E-state index contributed by atoms with van der Waals surface area (Å²) >= 11 is 5.96. The second kappa shape index (κ2) is 3.89. The molecule has 0 saturated heterocycles. The summed E-state index contributed by atoms with van der Waals surface area (Å²) in [5.74, 6) is 1.42. The van der Waals surface area contributed by atoms with Crippen molar-refractivity contribution in [1.82, 2.24) is 0 Å². The summed E-state index contributed by atoms with van der Waals surface area (Å²) in [5.41, 5.74) is 0.683. The van der Waals surface area contributed by atoms with Gasteiger partial charge in [-0.1, -0.05) is 18.5 Å². The van der Waals surface area contributed by atoms with Gasteiger partial charge in [-0.05, 0) is 43.4 Å². The number of aliphatic hydroxyl groups is 1. The summed E-state index contributed by atoms with van der Waals surface area (Å²) in [5, 5.41) is 10.9. The molecular weight excluding hydrogens is 236 g/mol. The highest BCUT2D eigenvalue weighted by molar-refractivity contribution is 6.30. The Balaban J connectivity index is 1.99. The molecule has 1 aromatic rings. The molecule has 0 bridgehead atoms. The van der Waals surface area contributed by atoms with Gasteiger partial charge in [0.05, 0.1) is 6.10 Å². The van der Waals surface area contributed by atoms with E-state index in [-0.39, 0.29) is 5.60 Å². The van der Waals surface area contributed by atoms with E-state index in [1.165, 1.54) is 12.8 Å². The summed E-state index contributed by atoms with van der Waals surface area (Å²) in [6, 6.07) is 5.52. The number of hydrogen-bond donors (Lipinski definition) is 1. The second-order valence-electron chi connectivity index (χ2n) is 5.20. The maximum atomic E-state index is 10.3. The Morgan fingerprint density at radius 1 is 1.47 bits per heavy atom. The second-order valence-corrected chi connectivity index (χ2v) is 5.63. The van der Waals surface area contributed by atoms with Crippen LogP contribution in [0, 0.1) is 5.92 Å². The van der Waals surface area contributed by atoms with Gasteiger partial charge in [0.25, 0.3) is 0 Å². The molecule has 2 atom stereocenters. The average Bonchev–Trinajstić information content (AvgIpc) is 3.14. The van der Waals surface area contributed by atoms with E-state index in [4.69, 9.17) is 16.3 Å². The lowest BCUT2D eigenvalue weighted by Crippen LogP contribution is -2.42. The molecule has 17 heavy (non-hydrogen) atoms. The van der Waals surface area contributed by atoms with Gasteiger partial charge in [-0.3, -0.25) is 0 Å². The zero-order valence-corrected chi connectivity index (χ0v) is 10.7. The van der Waals surface area contributed by atoms with E-state index < -0.39 is 6.10 Å². The van der Waals surface area contributed by atoms with Crippen molar-refractivity contribution in [2.75, 3.05) is 0 Å². The van der Waals surface area contributed by atoms with Crippen LogP contribution in [0.4, 0.5) is 0 Å². The Morgan fingerprint density at radius 2 is 2.24 bits per heavy atom. The minimum Gasteiger partial charge on any atom is -0.487 e. The monoisotopic (exact) mass is 252 g/mol. The lowest BCUT2D eigenvalue weighted by atomic mass is 9.83. The van der Waals surface area contributed by atoms with Crippen LogP contribution in [-0.4, -0.2) is 10.7 Å². The molecular formula is C14H17ClO2. The zero-order chi connectivity index (χ0) is 12.0. The zero-order valence-electron chi connectivity index (χ0n) is 9.95. The molecule has 0 aromatic heterocycles. The van der Waals surface area contributed by atoms with Crippen molar-refractivity contribution >= 4 is 11.6 Å². The molecule has 0 radical (unpaired) electrons. The Labute approximate surface area is 107 Å². The minimum absolute atomic E-state index is 0.153. The van der Waals surface area contributed by atoms with Gasteiger partial charge < -0.3 is 9.84 Å². The molecule has 2 nitrogen and oxygen atoms in total. The van der Waals surface area contributed by atoms with Gasteiger partial charge in [0.1, 0.15) is 11.4 Å². The quantitative estimate of drug-likeness (QED) is 0.869. The molecule has 1 heterocycles. The van der Waals surface area contributed by atoms with Crippen LogP contribution in [0.5, 0.6) is 5.75 Å². The first-order chi connectivity index (χ1) is 8.14. The third kappa shape index (κ3) is 1.84. The first-order valence-corrected chi connectivity index (χ1v) is 6.69. The molecule has 1 saturated carbocycles. The maximum absolute atomic E-state index is 10.3. The van der Waals surface area contributed by atoms with Crippen LogP contribution in [0.25, 0.3) is 0 Å². The largest absolute Gasteiger partial charge is 0.487 e. The molecule has 3 rings (SSSR count). The Hall–Kier alpha value is -0.730. The fraction of sp³-hybridized carbons (Fsp3) is 0.571. The van der Waals surface area contributed by atoms with E-state index in [1.807, 2.05) is 18.2 Å². The third-order valence-electron chi connectivity index (χ3n) is 4.10. The van der Waals surface area contributed by atoms with Crippen molar-refractivity contribution in [2.24, 2.45) is 5.92 Å². The topological polar surface area (TPSA) is 29.5 Å². The molecule has 0 spiro atoms. The Bertz CT molecular complexity index is 442. The number of ether oxygens (including phenoxy) is 1. The number of hydrogen-bond acceptors (Lipinski definition) is 2. The van der Waals surface area contributed by atoms with E-state index >= 15 is 0 Å². The summed E-state index contributed by atoms with van der Waals surface area (Å²) in [6.07, 6.45) is 3.66. The van der Waals surface area contributed by atoms with Crippen LogP contribution in [-0.2, 0) is 0 Å². The fourth-order valence-corrected chi connectivity index (χ4v) is 3.12. The number of aliphatic hydroxyl groups excluding tert-OH is 1. The van der Waals surface area contributed by atoms with Crippen LogP contribution in [0.2, 0.25) is 5.02 Å². The van der Waals surface area contributed by atoms with Crippen molar-refractivity contribution in [1.29, 1.82) is 0 Å². The van der Waals surface area contributed by atoms with Crippen LogP contribution < -0.4 is 4.74 Å². The summed E-state index contributed by atoms with van der Waals surface area (Å²) in [6.45, 7) is 2.14. The van der Waals surface area contributed by atoms with E-state index in [2.05, 4.69) is 6.92 Å². The van der Waals surface area contributed by atoms with Gasteiger partial charge in [-0.2, -0.15) is 0 Å². The molecule has 1 fully saturated rings. The highest BCUT2D eigenvalue weighted by atomic mass is 35.5. The predicted molar refractivity (Wildman–Crippen MR) is 67.4 cm³/mol. The SMILES string of the molecule is CCC1(C2CC2)C[C@H](O)c2cc(Cl)ccc2O1. The number of halogens is 1. The normalized spacial score (nSPS) is 31.8. The molecule has 1 aliphatic carbocycles. The van der Waals surface area contributed by atoms with Gasteiger partial charge in [0.2, 0.25) is 0 Å². The first kappa shape index (κ1) is 11.4. The van der Waals surface area contributed by atoms with Crippen LogP contribution >= 0.6 is 11.6 Å². The van der Waals surface area contributed by atoms with Crippen molar-refractivity contribution in [3.8, 4) is 5.75 Å². The average molecular weight is 253 g/mol. The van der Waals surface area contributed by atoms with E-state index in [0.29, 0.717) is 17.4 Å². The molecule has 1 aromatic carbocycles. The highest BCUT2D eigenvalue weighted by Crippen LogP contribution is 2.52. The molecule has 1 unspecified atom stereocenters. The summed E-state index contributed by atoms with van der Waals surface area (Å²) in [7, 11) is 0. The van der Waals surface area contributed by atoms with Crippen molar-refractivity contribution in [2.45, 2.75) is 44.3 Å². The molecule has 0 amide bonds. The number of fused-ring (bicyclic) bond motifs is 1. The first-order valence-electron chi connectivity index (χ1n) is 6.31. The summed E-state index contributed by atoms with van der Waals surface area (Å²) in [4.78, 5) is 0. The van der Waals surface area contributed by atoms with Crippen molar-refractivity contribution < 1.29 is 9.84 Å². The van der Waals surface area contributed by atoms with E-state index in [1.54, 1.807) is 0 Å². The fourth-order valence-electron chi connectivity index (χ4n) is 2.94. The van der Waals surface area contributed by atoms with Crippen molar-refractivity contribution in [3.63, 3.8) is 0 Å². The van der Waals surface area contributed by atoms with Crippen LogP contribution in [0.15, 0.2) is 18.2 Å². The standard InChI is InChI=1S/C14H17ClO2/c1-2-14(9-3-4-9)8-12(16)11-7-10(15)5-6-13(11)17-14/h5-7,9,12,16H,2-4,8H2,1H3/t12-,14?/m0/s1. The van der Waals surface area contributed by atoms with Gasteiger partial charge in [0, 0.05) is 17.0 Å². The van der Waals surface area contributed by atoms with Gasteiger partial charge in [-0.15, -0.1) is 0 Å². The Kier molecular flexibility index (Phi) is 2.60. The van der Waals surface area contributed by atoms with Crippen LogP contribution in [0.3, 0.4) is 0 Å². The number of rotatable bonds is 2. The number of benzene rings is 1. The third-order valence-corrected chi connectivity index (χ3v) is 4.34. The molecule has 1 N–H and O–H groups in total. The van der Waals surface area contributed by atoms with E-state index in [0.717, 1.165) is 17.7 Å². The highest BCUT2D eigenvalue weighted by Gasteiger charge is 2.49. The molecule has 3 heteroatoms. The predicted octanol–water partition coefficient (Wildman–Crippen LogP) is 3.71. The molecule has 1 aliphatic heterocycles. The summed E-state index contributed by atoms with van der Waals surface area (Å²) < 4.78 is 6.20. The van der Waals surface area contributed by atoms with Crippen molar-refractivity contribution in [3.05, 3.63) is 28.8 Å². The molecule has 92 valence electrons. The van der Waals surface area contributed by atoms with Gasteiger partial charge >= 0.3 is 0 Å². The Morgan fingerprint density at radius 3 is 2.88 bits per heavy atom. The minimum atomic E-state index is -0.446. The van der Waals surface area contributed by atoms with E-state index in [9.17, 15) is 5.11 Å².